The molecule has 3 heteroatoms. The van der Waals surface area contributed by atoms with Gasteiger partial charge >= 0.3 is 0 Å². The van der Waals surface area contributed by atoms with E-state index in [9.17, 15) is 9.18 Å². The van der Waals surface area contributed by atoms with Gasteiger partial charge in [-0.2, -0.15) is 0 Å². The summed E-state index contributed by atoms with van der Waals surface area (Å²) < 4.78 is 13.2. The Morgan fingerprint density at radius 1 is 1.26 bits per heavy atom. The molecule has 0 heterocycles. The van der Waals surface area contributed by atoms with Crippen molar-refractivity contribution in [1.29, 1.82) is 0 Å². The molecule has 0 radical (unpaired) electrons. The van der Waals surface area contributed by atoms with Gasteiger partial charge in [0.1, 0.15) is 5.82 Å². The number of carbonyl (C=O) groups excluding carboxylic acids is 1. The number of hydrogen-bond donors (Lipinski definition) is 1. The molecule has 0 aliphatic heterocycles. The van der Waals surface area contributed by atoms with Crippen LogP contribution in [0.1, 0.15) is 54.9 Å². The van der Waals surface area contributed by atoms with Gasteiger partial charge in [-0.3, -0.25) is 4.79 Å². The number of aryl methyl sites for hydroxylation is 1. The lowest BCUT2D eigenvalue weighted by atomic mass is 9.96. The van der Waals surface area contributed by atoms with Crippen molar-refractivity contribution in [1.82, 2.24) is 5.32 Å². The molecular weight excluding hydrogens is 241 g/mol. The maximum atomic E-state index is 13.2. The summed E-state index contributed by atoms with van der Waals surface area (Å²) in [6.45, 7) is 3.88. The maximum Gasteiger partial charge on any atom is 0.251 e. The molecule has 2 unspecified atom stereocenters. The number of hydrogen-bond acceptors (Lipinski definition) is 1. The van der Waals surface area contributed by atoms with Crippen molar-refractivity contribution >= 4 is 5.91 Å². The molecule has 2 atom stereocenters. The van der Waals surface area contributed by atoms with Gasteiger partial charge in [0.15, 0.2) is 0 Å². The lowest BCUT2D eigenvalue weighted by molar-refractivity contribution is 0.0921. The Bertz CT molecular complexity index is 458. The first-order chi connectivity index (χ1) is 9.08. The second-order valence-electron chi connectivity index (χ2n) is 5.66. The molecule has 1 saturated carbocycles. The first kappa shape index (κ1) is 14.0. The van der Waals surface area contributed by atoms with Gasteiger partial charge < -0.3 is 5.32 Å². The van der Waals surface area contributed by atoms with Crippen molar-refractivity contribution in [2.24, 2.45) is 5.92 Å². The van der Waals surface area contributed by atoms with E-state index >= 15 is 0 Å². The number of benzene rings is 1. The van der Waals surface area contributed by atoms with Crippen LogP contribution in [0, 0.1) is 18.7 Å². The average molecular weight is 263 g/mol. The van der Waals surface area contributed by atoms with Crippen LogP contribution >= 0.6 is 0 Å². The van der Waals surface area contributed by atoms with E-state index in [0.717, 1.165) is 6.42 Å². The highest BCUT2D eigenvalue weighted by Crippen LogP contribution is 2.23. The lowest BCUT2D eigenvalue weighted by Gasteiger charge is -2.22. The molecule has 0 bridgehead atoms. The Balaban J connectivity index is 2.05. The van der Waals surface area contributed by atoms with E-state index in [1.54, 1.807) is 19.1 Å². The molecule has 0 spiro atoms. The van der Waals surface area contributed by atoms with Gasteiger partial charge in [0.25, 0.3) is 5.91 Å². The molecule has 1 aromatic rings. The quantitative estimate of drug-likeness (QED) is 0.807. The summed E-state index contributed by atoms with van der Waals surface area (Å²) >= 11 is 0. The number of amides is 1. The summed E-state index contributed by atoms with van der Waals surface area (Å²) in [5, 5.41) is 3.11. The number of nitrogens with one attached hydrogen (secondary N) is 1. The summed E-state index contributed by atoms with van der Waals surface area (Å²) in [6, 6.07) is 4.78. The van der Waals surface area contributed by atoms with Crippen molar-refractivity contribution in [3.05, 3.63) is 35.1 Å². The van der Waals surface area contributed by atoms with Crippen molar-refractivity contribution < 1.29 is 9.18 Å². The van der Waals surface area contributed by atoms with Crippen molar-refractivity contribution in [3.63, 3.8) is 0 Å². The standard InChI is InChI=1S/C16H22FNO/c1-11-6-4-3-5-7-15(11)18-16(19)13-8-9-14(17)12(2)10-13/h8-11,15H,3-7H2,1-2H3,(H,18,19). The molecule has 2 rings (SSSR count). The molecule has 2 nitrogen and oxygen atoms in total. The minimum absolute atomic E-state index is 0.0816. The van der Waals surface area contributed by atoms with Crippen LogP contribution in [0.5, 0.6) is 0 Å². The molecule has 0 saturated heterocycles. The third-order valence-corrected chi connectivity index (χ3v) is 4.10. The Kier molecular flexibility index (Phi) is 4.56. The third-order valence-electron chi connectivity index (χ3n) is 4.10. The summed E-state index contributed by atoms with van der Waals surface area (Å²) in [4.78, 5) is 12.2. The average Bonchev–Trinajstić information content (AvgIpc) is 2.58. The summed E-state index contributed by atoms with van der Waals surface area (Å²) in [7, 11) is 0. The number of halogens is 1. The zero-order chi connectivity index (χ0) is 13.8. The topological polar surface area (TPSA) is 29.1 Å². The molecule has 104 valence electrons. The Labute approximate surface area is 114 Å². The summed E-state index contributed by atoms with van der Waals surface area (Å²) in [6.07, 6.45) is 5.91. The highest BCUT2D eigenvalue weighted by molar-refractivity contribution is 5.94. The molecule has 1 aliphatic carbocycles. The Hall–Kier alpha value is -1.38. The van der Waals surface area contributed by atoms with E-state index in [-0.39, 0.29) is 17.8 Å². The van der Waals surface area contributed by atoms with Crippen LogP contribution in [-0.2, 0) is 0 Å². The SMILES string of the molecule is Cc1cc(C(=O)NC2CCCCCC2C)ccc1F. The maximum absolute atomic E-state index is 13.2. The second kappa shape index (κ2) is 6.18. The fourth-order valence-corrected chi connectivity index (χ4v) is 2.75. The largest absolute Gasteiger partial charge is 0.349 e. The van der Waals surface area contributed by atoms with Crippen LogP contribution in [0.2, 0.25) is 0 Å². The van der Waals surface area contributed by atoms with E-state index in [0.29, 0.717) is 17.0 Å². The van der Waals surface area contributed by atoms with Crippen LogP contribution in [0.3, 0.4) is 0 Å². The fraction of sp³-hybridized carbons (Fsp3) is 0.562. The van der Waals surface area contributed by atoms with E-state index in [1.807, 2.05) is 0 Å². The normalized spacial score (nSPS) is 23.7. The minimum Gasteiger partial charge on any atom is -0.349 e. The van der Waals surface area contributed by atoms with Crippen LogP contribution in [-0.4, -0.2) is 11.9 Å². The molecule has 1 amide bonds. The first-order valence-corrected chi connectivity index (χ1v) is 7.15. The van der Waals surface area contributed by atoms with Crippen LogP contribution in [0.15, 0.2) is 18.2 Å². The van der Waals surface area contributed by atoms with E-state index in [1.165, 1.54) is 31.7 Å². The van der Waals surface area contributed by atoms with Crippen molar-refractivity contribution in [2.45, 2.75) is 52.0 Å². The van der Waals surface area contributed by atoms with Crippen LogP contribution < -0.4 is 5.32 Å². The predicted octanol–water partition coefficient (Wildman–Crippen LogP) is 3.83. The summed E-state index contributed by atoms with van der Waals surface area (Å²) in [5.74, 6) is 0.175. The van der Waals surface area contributed by atoms with E-state index < -0.39 is 0 Å². The van der Waals surface area contributed by atoms with E-state index in [2.05, 4.69) is 12.2 Å². The lowest BCUT2D eigenvalue weighted by Crippen LogP contribution is -2.38. The molecule has 0 aromatic heterocycles. The fourth-order valence-electron chi connectivity index (χ4n) is 2.75. The van der Waals surface area contributed by atoms with Gasteiger partial charge in [0.05, 0.1) is 0 Å². The molecule has 1 fully saturated rings. The van der Waals surface area contributed by atoms with Crippen LogP contribution in [0.25, 0.3) is 0 Å². The monoisotopic (exact) mass is 263 g/mol. The molecule has 19 heavy (non-hydrogen) atoms. The van der Waals surface area contributed by atoms with Gasteiger partial charge in [0, 0.05) is 11.6 Å². The number of rotatable bonds is 2. The Morgan fingerprint density at radius 3 is 2.74 bits per heavy atom. The summed E-state index contributed by atoms with van der Waals surface area (Å²) in [5.41, 5.74) is 1.07. The molecular formula is C16H22FNO. The zero-order valence-electron chi connectivity index (χ0n) is 11.7. The highest BCUT2D eigenvalue weighted by Gasteiger charge is 2.22. The predicted molar refractivity (Wildman–Crippen MR) is 74.6 cm³/mol. The van der Waals surface area contributed by atoms with E-state index in [4.69, 9.17) is 0 Å². The minimum atomic E-state index is -0.264. The van der Waals surface area contributed by atoms with Gasteiger partial charge in [-0.05, 0) is 49.4 Å². The molecule has 1 aromatic carbocycles. The smallest absolute Gasteiger partial charge is 0.251 e. The Morgan fingerprint density at radius 2 is 2.00 bits per heavy atom. The third kappa shape index (κ3) is 3.55. The molecule has 1 N–H and O–H groups in total. The van der Waals surface area contributed by atoms with Gasteiger partial charge in [-0.15, -0.1) is 0 Å². The van der Waals surface area contributed by atoms with Crippen molar-refractivity contribution in [2.75, 3.05) is 0 Å². The van der Waals surface area contributed by atoms with Crippen molar-refractivity contribution in [3.8, 4) is 0 Å². The van der Waals surface area contributed by atoms with Gasteiger partial charge in [0.2, 0.25) is 0 Å². The van der Waals surface area contributed by atoms with Gasteiger partial charge in [-0.1, -0.05) is 26.2 Å². The first-order valence-electron chi connectivity index (χ1n) is 7.15. The zero-order valence-corrected chi connectivity index (χ0v) is 11.7. The second-order valence-corrected chi connectivity index (χ2v) is 5.66. The van der Waals surface area contributed by atoms with Crippen LogP contribution in [0.4, 0.5) is 4.39 Å². The molecule has 1 aliphatic rings. The van der Waals surface area contributed by atoms with Gasteiger partial charge in [-0.25, -0.2) is 4.39 Å². The number of carbonyl (C=O) groups is 1. The highest BCUT2D eigenvalue weighted by atomic mass is 19.1.